The van der Waals surface area contributed by atoms with Gasteiger partial charge in [-0.15, -0.1) is 0 Å². The number of carbonyl (C=O) groups excluding carboxylic acids is 3. The second-order valence-corrected chi connectivity index (χ2v) is 9.62. The van der Waals surface area contributed by atoms with Crippen LogP contribution in [0.1, 0.15) is 51.3 Å². The van der Waals surface area contributed by atoms with Crippen molar-refractivity contribution in [3.8, 4) is 0 Å². The van der Waals surface area contributed by atoms with Gasteiger partial charge in [0.1, 0.15) is 6.54 Å². The summed E-state index contributed by atoms with van der Waals surface area (Å²) in [6.45, 7) is 10.2. The Balaban J connectivity index is -0.000000566. The molecule has 0 bridgehead atoms. The molecule has 185 valence electrons. The van der Waals surface area contributed by atoms with Crippen LogP contribution in [-0.4, -0.2) is 57.6 Å². The minimum atomic E-state index is -0.426. The molecule has 2 aromatic rings. The van der Waals surface area contributed by atoms with E-state index in [0.29, 0.717) is 24.3 Å². The second-order valence-electron chi connectivity index (χ2n) is 7.30. The largest absolute Gasteiger partial charge is 1.00 e. The molecule has 0 atom stereocenters. The van der Waals surface area contributed by atoms with E-state index >= 15 is 0 Å². The molecule has 0 fully saturated rings. The van der Waals surface area contributed by atoms with Gasteiger partial charge in [0.25, 0.3) is 11.8 Å². The Labute approximate surface area is 250 Å². The van der Waals surface area contributed by atoms with Gasteiger partial charge in [0.2, 0.25) is 0 Å². The average molecular weight is 699 g/mol. The first-order chi connectivity index (χ1) is 15.5. The summed E-state index contributed by atoms with van der Waals surface area (Å²) in [4.78, 5) is 34.7. The number of rotatable bonds is 7. The Bertz CT molecular complexity index is 1030. The van der Waals surface area contributed by atoms with E-state index in [2.05, 4.69) is 55.8 Å². The fourth-order valence-electron chi connectivity index (χ4n) is 2.63. The molecule has 2 aromatic carbocycles. The number of amides is 2. The summed E-state index contributed by atoms with van der Waals surface area (Å²) in [5.74, 6) is -0.809. The van der Waals surface area contributed by atoms with Crippen molar-refractivity contribution >= 4 is 71.4 Å². The van der Waals surface area contributed by atoms with Crippen molar-refractivity contribution in [3.05, 3.63) is 64.8 Å². The van der Waals surface area contributed by atoms with Crippen LogP contribution in [0, 0.1) is 34.8 Å². The summed E-state index contributed by atoms with van der Waals surface area (Å²) in [6.07, 6.45) is 0. The van der Waals surface area contributed by atoms with E-state index in [1.165, 1.54) is 5.56 Å². The molecule has 3 N–H and O–H groups in total. The summed E-state index contributed by atoms with van der Waals surface area (Å²) < 4.78 is 6.55. The molecule has 11 heteroatoms. The minimum absolute atomic E-state index is 0. The predicted octanol–water partition coefficient (Wildman–Crippen LogP) is 0.567. The zero-order chi connectivity index (χ0) is 25.1. The molecule has 7 nitrogen and oxygen atoms in total. The van der Waals surface area contributed by atoms with Crippen molar-refractivity contribution in [2.24, 2.45) is 0 Å². The Morgan fingerprint density at radius 2 is 1.26 bits per heavy atom. The van der Waals surface area contributed by atoms with Gasteiger partial charge in [0.05, 0.1) is 24.3 Å². The topological polar surface area (TPSA) is 105 Å². The van der Waals surface area contributed by atoms with Crippen LogP contribution in [0.2, 0.25) is 0 Å². The van der Waals surface area contributed by atoms with Crippen LogP contribution in [0.25, 0.3) is 0 Å². The molecule has 0 aliphatic heterocycles. The van der Waals surface area contributed by atoms with Crippen LogP contribution in [-0.2, 0) is 9.53 Å². The number of hydrogen-bond acceptors (Lipinski definition) is 5. The van der Waals surface area contributed by atoms with E-state index in [9.17, 15) is 14.4 Å². The number of ether oxygens (including phenoxy) is 1. The number of halogens is 2. The minimum Gasteiger partial charge on any atom is -1.00 e. The van der Waals surface area contributed by atoms with Gasteiger partial charge in [0, 0.05) is 22.1 Å². The quantitative estimate of drug-likeness (QED) is 0.223. The van der Waals surface area contributed by atoms with Crippen LogP contribution >= 0.6 is 45.2 Å². The molecular formula is C24H31BI2LiN2O5. The fourth-order valence-corrected chi connectivity index (χ4v) is 4.37. The number of hydrogen-bond donors (Lipinski definition) is 3. The van der Waals surface area contributed by atoms with Crippen molar-refractivity contribution in [2.45, 2.75) is 34.6 Å². The van der Waals surface area contributed by atoms with Crippen LogP contribution < -0.4 is 29.5 Å². The average Bonchev–Trinajstić information content (AvgIpc) is 2.76. The number of aliphatic hydroxyl groups excluding tert-OH is 1. The molecule has 2 rings (SSSR count). The third-order valence-electron chi connectivity index (χ3n) is 4.75. The van der Waals surface area contributed by atoms with Gasteiger partial charge < -0.3 is 21.9 Å². The first-order valence-corrected chi connectivity index (χ1v) is 12.5. The number of esters is 1. The van der Waals surface area contributed by atoms with Gasteiger partial charge in [-0.2, -0.15) is 0 Å². The number of nitrogens with one attached hydrogen (secondary N) is 2. The standard InChI is InChI=1S/C13H16INO3.C11H14INO2.B.Li.H/c1-4-18-12(16)7-15-13(17)10-5-8(2)9(3)6-11(10)14;1-7-5-9(10(12)6-8(7)2)11(15)13-3-4-14;;;/h5-6H,4,7H2,1-3H3,(H,15,17);5-6,14H,3-4H2,1-2H3,(H,13,15);;;/q;;;+1;-1. The summed E-state index contributed by atoms with van der Waals surface area (Å²) in [5, 5.41) is 13.8. The van der Waals surface area contributed by atoms with Crippen molar-refractivity contribution in [1.82, 2.24) is 10.6 Å². The smallest absolute Gasteiger partial charge is 1.00 e. The Morgan fingerprint density at radius 1 is 0.857 bits per heavy atom. The van der Waals surface area contributed by atoms with Gasteiger partial charge in [-0.3, -0.25) is 14.4 Å². The monoisotopic (exact) mass is 699 g/mol. The number of benzene rings is 2. The molecular weight excluding hydrogens is 668 g/mol. The molecule has 0 unspecified atom stereocenters. The van der Waals surface area contributed by atoms with Crippen molar-refractivity contribution in [1.29, 1.82) is 0 Å². The Kier molecular flexibility index (Phi) is 18.8. The summed E-state index contributed by atoms with van der Waals surface area (Å²) in [7, 11) is 0. The predicted molar refractivity (Wildman–Crippen MR) is 153 cm³/mol. The van der Waals surface area contributed by atoms with Gasteiger partial charge in [0.15, 0.2) is 0 Å². The molecule has 0 spiro atoms. The third-order valence-corrected chi connectivity index (χ3v) is 6.54. The van der Waals surface area contributed by atoms with Crippen LogP contribution in [0.5, 0.6) is 0 Å². The maximum atomic E-state index is 11.9. The second kappa shape index (κ2) is 18.2. The fraction of sp³-hybridized carbons (Fsp3) is 0.375. The number of carbonyl (C=O) groups is 3. The van der Waals surface area contributed by atoms with Crippen LogP contribution in [0.3, 0.4) is 0 Å². The SMILES string of the molecule is CCOC(=O)CNC(=O)c1cc(C)c(C)cc1I.Cc1cc(I)c(C(=O)NCCO)cc1C.[B].[H-].[Li+]. The summed E-state index contributed by atoms with van der Waals surface area (Å²) in [5.41, 5.74) is 5.73. The molecule has 0 aliphatic carbocycles. The molecule has 35 heavy (non-hydrogen) atoms. The third kappa shape index (κ3) is 12.1. The van der Waals surface area contributed by atoms with Crippen LogP contribution in [0.15, 0.2) is 24.3 Å². The number of aryl methyl sites for hydroxylation is 4. The molecule has 0 aromatic heterocycles. The van der Waals surface area contributed by atoms with Crippen molar-refractivity contribution < 1.29 is 44.5 Å². The molecule has 3 radical (unpaired) electrons. The van der Waals surface area contributed by atoms with E-state index in [1.54, 1.807) is 6.92 Å². The Hall–Kier alpha value is -1.07. The summed E-state index contributed by atoms with van der Waals surface area (Å²) in [6, 6.07) is 7.65. The van der Waals surface area contributed by atoms with Gasteiger partial charge in [-0.25, -0.2) is 0 Å². The molecule has 0 saturated carbocycles. The number of aliphatic hydroxyl groups is 1. The molecule has 0 heterocycles. The van der Waals surface area contributed by atoms with Gasteiger partial charge in [-0.1, -0.05) is 0 Å². The van der Waals surface area contributed by atoms with Crippen molar-refractivity contribution in [2.75, 3.05) is 26.3 Å². The van der Waals surface area contributed by atoms with E-state index in [1.807, 2.05) is 52.0 Å². The summed E-state index contributed by atoms with van der Waals surface area (Å²) >= 11 is 4.26. The molecule has 2 amide bonds. The van der Waals surface area contributed by atoms with E-state index in [0.717, 1.165) is 23.8 Å². The normalized spacial score (nSPS) is 9.49. The van der Waals surface area contributed by atoms with E-state index in [-0.39, 0.29) is 53.7 Å². The van der Waals surface area contributed by atoms with Crippen molar-refractivity contribution in [3.63, 3.8) is 0 Å². The first-order valence-electron chi connectivity index (χ1n) is 10.4. The van der Waals surface area contributed by atoms with E-state index < -0.39 is 5.97 Å². The maximum absolute atomic E-state index is 11.9. The zero-order valence-electron chi connectivity index (χ0n) is 22.1. The Morgan fingerprint density at radius 3 is 1.66 bits per heavy atom. The van der Waals surface area contributed by atoms with Crippen LogP contribution in [0.4, 0.5) is 0 Å². The first kappa shape index (κ1) is 36.1. The zero-order valence-corrected chi connectivity index (χ0v) is 25.4. The van der Waals surface area contributed by atoms with E-state index in [4.69, 9.17) is 9.84 Å². The van der Waals surface area contributed by atoms with Gasteiger partial charge in [-0.05, 0) is 126 Å². The maximum Gasteiger partial charge on any atom is 1.00 e. The molecule has 0 aliphatic rings. The van der Waals surface area contributed by atoms with Gasteiger partial charge >= 0.3 is 24.8 Å². The molecule has 0 saturated heterocycles.